The number of amides is 1. The molecule has 0 saturated carbocycles. The van der Waals surface area contributed by atoms with Gasteiger partial charge in [0.05, 0.1) is 23.8 Å². The van der Waals surface area contributed by atoms with Crippen LogP contribution in [0.3, 0.4) is 0 Å². The van der Waals surface area contributed by atoms with Crippen LogP contribution in [0.2, 0.25) is 0 Å². The molecule has 2 atom stereocenters. The quantitative estimate of drug-likeness (QED) is 0.577. The van der Waals surface area contributed by atoms with Gasteiger partial charge in [0.15, 0.2) is 0 Å². The van der Waals surface area contributed by atoms with Crippen molar-refractivity contribution in [1.82, 2.24) is 20.6 Å². The molecule has 1 aliphatic rings. The SMILES string of the molecule is CSCCC(NC(=O)C1Cc2nc[nH]c2CN1)C(=O)O. The van der Waals surface area contributed by atoms with Crippen LogP contribution in [-0.2, 0) is 22.6 Å². The first-order valence-electron chi connectivity index (χ1n) is 6.38. The Kier molecular flexibility index (Phi) is 5.02. The number of carbonyl (C=O) groups is 2. The monoisotopic (exact) mass is 298 g/mol. The summed E-state index contributed by atoms with van der Waals surface area (Å²) in [6.45, 7) is 0.538. The number of rotatable bonds is 6. The van der Waals surface area contributed by atoms with Crippen LogP contribution >= 0.6 is 11.8 Å². The number of carboxylic acids is 1. The van der Waals surface area contributed by atoms with E-state index in [0.29, 0.717) is 25.1 Å². The molecule has 0 bridgehead atoms. The van der Waals surface area contributed by atoms with Gasteiger partial charge in [0.2, 0.25) is 5.91 Å². The lowest BCUT2D eigenvalue weighted by molar-refractivity contribution is -0.142. The van der Waals surface area contributed by atoms with Crippen molar-refractivity contribution in [3.8, 4) is 0 Å². The molecule has 7 nitrogen and oxygen atoms in total. The molecule has 110 valence electrons. The van der Waals surface area contributed by atoms with Crippen molar-refractivity contribution < 1.29 is 14.7 Å². The number of H-pyrrole nitrogens is 1. The van der Waals surface area contributed by atoms with E-state index in [2.05, 4.69) is 20.6 Å². The van der Waals surface area contributed by atoms with Crippen LogP contribution in [0.5, 0.6) is 0 Å². The van der Waals surface area contributed by atoms with Gasteiger partial charge in [0, 0.05) is 13.0 Å². The average molecular weight is 298 g/mol. The maximum absolute atomic E-state index is 12.1. The molecule has 8 heteroatoms. The molecule has 2 rings (SSSR count). The van der Waals surface area contributed by atoms with Gasteiger partial charge in [-0.3, -0.25) is 10.1 Å². The first-order chi connectivity index (χ1) is 9.61. The first kappa shape index (κ1) is 14.9. The zero-order valence-corrected chi connectivity index (χ0v) is 12.0. The molecule has 0 aromatic carbocycles. The molecule has 2 heterocycles. The van der Waals surface area contributed by atoms with E-state index in [1.165, 1.54) is 0 Å². The summed E-state index contributed by atoms with van der Waals surface area (Å²) in [5.74, 6) is -0.588. The molecular weight excluding hydrogens is 280 g/mol. The van der Waals surface area contributed by atoms with E-state index in [-0.39, 0.29) is 5.91 Å². The number of aliphatic carboxylic acids is 1. The van der Waals surface area contributed by atoms with E-state index in [1.54, 1.807) is 18.1 Å². The van der Waals surface area contributed by atoms with Gasteiger partial charge in [0.25, 0.3) is 0 Å². The van der Waals surface area contributed by atoms with Gasteiger partial charge in [-0.15, -0.1) is 0 Å². The number of hydrogen-bond donors (Lipinski definition) is 4. The highest BCUT2D eigenvalue weighted by molar-refractivity contribution is 7.98. The predicted molar refractivity (Wildman–Crippen MR) is 75.5 cm³/mol. The van der Waals surface area contributed by atoms with Gasteiger partial charge in [-0.25, -0.2) is 9.78 Å². The number of carboxylic acid groups (broad SMARTS) is 1. The first-order valence-corrected chi connectivity index (χ1v) is 7.77. The van der Waals surface area contributed by atoms with Crippen molar-refractivity contribution >= 4 is 23.6 Å². The molecule has 1 aliphatic heterocycles. The molecular formula is C12H18N4O3S. The van der Waals surface area contributed by atoms with Crippen molar-refractivity contribution in [2.45, 2.75) is 31.5 Å². The Morgan fingerprint density at radius 3 is 3.15 bits per heavy atom. The summed E-state index contributed by atoms with van der Waals surface area (Å²) in [6, 6.07) is -1.26. The van der Waals surface area contributed by atoms with E-state index >= 15 is 0 Å². The number of nitrogens with zero attached hydrogens (tertiary/aromatic N) is 1. The highest BCUT2D eigenvalue weighted by Gasteiger charge is 2.28. The van der Waals surface area contributed by atoms with Gasteiger partial charge in [-0.2, -0.15) is 11.8 Å². The Hall–Kier alpha value is -1.54. The zero-order valence-electron chi connectivity index (χ0n) is 11.2. The smallest absolute Gasteiger partial charge is 0.326 e. The van der Waals surface area contributed by atoms with Crippen LogP contribution in [0.25, 0.3) is 0 Å². The van der Waals surface area contributed by atoms with Crippen molar-refractivity contribution in [2.75, 3.05) is 12.0 Å². The summed E-state index contributed by atoms with van der Waals surface area (Å²) in [7, 11) is 0. The molecule has 0 saturated heterocycles. The summed E-state index contributed by atoms with van der Waals surface area (Å²) < 4.78 is 0. The lowest BCUT2D eigenvalue weighted by atomic mass is 10.0. The number of imidazole rings is 1. The minimum absolute atomic E-state index is 0.285. The predicted octanol–water partition coefficient (Wildman–Crippen LogP) is -0.253. The maximum atomic E-state index is 12.1. The third kappa shape index (κ3) is 3.51. The standard InChI is InChI=1S/C12H18N4O3S/c1-20-3-2-7(12(18)19)16-11(17)9-4-8-10(5-13-9)15-6-14-8/h6-7,9,13H,2-5H2,1H3,(H,14,15)(H,16,17)(H,18,19). The minimum Gasteiger partial charge on any atom is -0.480 e. The lowest BCUT2D eigenvalue weighted by Gasteiger charge is -2.24. The maximum Gasteiger partial charge on any atom is 0.326 e. The van der Waals surface area contributed by atoms with Gasteiger partial charge in [-0.05, 0) is 18.4 Å². The molecule has 1 aromatic heterocycles. The van der Waals surface area contributed by atoms with Crippen LogP contribution in [0.15, 0.2) is 6.33 Å². The van der Waals surface area contributed by atoms with Crippen LogP contribution in [0, 0.1) is 0 Å². The Labute approximate surface area is 120 Å². The molecule has 1 amide bonds. The summed E-state index contributed by atoms with van der Waals surface area (Å²) >= 11 is 1.56. The Morgan fingerprint density at radius 2 is 2.45 bits per heavy atom. The molecule has 2 unspecified atom stereocenters. The van der Waals surface area contributed by atoms with Crippen LogP contribution in [-0.4, -0.2) is 51.0 Å². The number of nitrogens with one attached hydrogen (secondary N) is 3. The van der Waals surface area contributed by atoms with Crippen molar-refractivity contribution in [2.24, 2.45) is 0 Å². The number of aromatic amines is 1. The second kappa shape index (κ2) is 6.76. The zero-order chi connectivity index (χ0) is 14.5. The summed E-state index contributed by atoms with van der Waals surface area (Å²) in [5, 5.41) is 14.8. The third-order valence-electron chi connectivity index (χ3n) is 3.27. The van der Waals surface area contributed by atoms with Crippen molar-refractivity contribution in [3.63, 3.8) is 0 Å². The molecule has 0 radical (unpaired) electrons. The number of carbonyl (C=O) groups excluding carboxylic acids is 1. The van der Waals surface area contributed by atoms with Gasteiger partial charge in [-0.1, -0.05) is 0 Å². The fraction of sp³-hybridized carbons (Fsp3) is 0.583. The lowest BCUT2D eigenvalue weighted by Crippen LogP contribution is -2.52. The van der Waals surface area contributed by atoms with Crippen molar-refractivity contribution in [1.29, 1.82) is 0 Å². The molecule has 0 aliphatic carbocycles. The summed E-state index contributed by atoms with van der Waals surface area (Å²) in [5.41, 5.74) is 1.84. The third-order valence-corrected chi connectivity index (χ3v) is 3.92. The molecule has 1 aromatic rings. The summed E-state index contributed by atoms with van der Waals surface area (Å²) in [6.07, 6.45) is 4.40. The number of thioether (sulfide) groups is 1. The van der Waals surface area contributed by atoms with E-state index in [9.17, 15) is 9.59 Å². The Morgan fingerprint density at radius 1 is 1.65 bits per heavy atom. The van der Waals surface area contributed by atoms with Crippen LogP contribution < -0.4 is 10.6 Å². The Balaban J connectivity index is 1.92. The number of aromatic nitrogens is 2. The Bertz CT molecular complexity index is 491. The average Bonchev–Trinajstić information content (AvgIpc) is 2.90. The second-order valence-electron chi connectivity index (χ2n) is 4.65. The highest BCUT2D eigenvalue weighted by atomic mass is 32.2. The fourth-order valence-corrected chi connectivity index (χ4v) is 2.59. The largest absolute Gasteiger partial charge is 0.480 e. The van der Waals surface area contributed by atoms with E-state index < -0.39 is 18.1 Å². The summed E-state index contributed by atoms with van der Waals surface area (Å²) in [4.78, 5) is 30.4. The molecule has 0 spiro atoms. The topological polar surface area (TPSA) is 107 Å². The normalized spacial score (nSPS) is 19.1. The van der Waals surface area contributed by atoms with Gasteiger partial charge >= 0.3 is 5.97 Å². The minimum atomic E-state index is -0.997. The molecule has 4 N–H and O–H groups in total. The van der Waals surface area contributed by atoms with E-state index in [4.69, 9.17) is 5.11 Å². The van der Waals surface area contributed by atoms with Crippen molar-refractivity contribution in [3.05, 3.63) is 17.7 Å². The van der Waals surface area contributed by atoms with Gasteiger partial charge < -0.3 is 15.4 Å². The molecule has 20 heavy (non-hydrogen) atoms. The highest BCUT2D eigenvalue weighted by Crippen LogP contribution is 2.12. The van der Waals surface area contributed by atoms with Crippen LogP contribution in [0.4, 0.5) is 0 Å². The molecule has 0 fully saturated rings. The number of fused-ring (bicyclic) bond motifs is 1. The van der Waals surface area contributed by atoms with Gasteiger partial charge in [0.1, 0.15) is 6.04 Å². The number of hydrogen-bond acceptors (Lipinski definition) is 5. The fourth-order valence-electron chi connectivity index (χ4n) is 2.12. The van der Waals surface area contributed by atoms with E-state index in [0.717, 1.165) is 11.4 Å². The van der Waals surface area contributed by atoms with E-state index in [1.807, 2.05) is 6.26 Å². The second-order valence-corrected chi connectivity index (χ2v) is 5.63. The van der Waals surface area contributed by atoms with Crippen LogP contribution in [0.1, 0.15) is 17.8 Å².